The van der Waals surface area contributed by atoms with Gasteiger partial charge in [0.05, 0.1) is 6.54 Å². The fourth-order valence-electron chi connectivity index (χ4n) is 1.60. The van der Waals surface area contributed by atoms with E-state index >= 15 is 0 Å². The third kappa shape index (κ3) is 4.53. The second-order valence-electron chi connectivity index (χ2n) is 4.12. The summed E-state index contributed by atoms with van der Waals surface area (Å²) >= 11 is 3.22. The van der Waals surface area contributed by atoms with Crippen molar-refractivity contribution in [2.75, 3.05) is 13.1 Å². The van der Waals surface area contributed by atoms with Crippen molar-refractivity contribution in [1.82, 2.24) is 10.2 Å². The lowest BCUT2D eigenvalue weighted by Crippen LogP contribution is -2.39. The number of aryl methyl sites for hydroxylation is 1. The van der Waals surface area contributed by atoms with E-state index < -0.39 is 0 Å². The van der Waals surface area contributed by atoms with Gasteiger partial charge < -0.3 is 10.2 Å². The molecule has 2 amide bonds. The Morgan fingerprint density at radius 1 is 1.44 bits per heavy atom. The highest BCUT2D eigenvalue weighted by atomic mass is 79.9. The summed E-state index contributed by atoms with van der Waals surface area (Å²) in [5.74, 6) is 0. The van der Waals surface area contributed by atoms with Gasteiger partial charge in [-0.15, -0.1) is 0 Å². The maximum Gasteiger partial charge on any atom is 0.317 e. The lowest BCUT2D eigenvalue weighted by molar-refractivity contribution is 0.199. The van der Waals surface area contributed by atoms with Gasteiger partial charge >= 0.3 is 6.03 Å². The van der Waals surface area contributed by atoms with E-state index in [0.29, 0.717) is 19.6 Å². The van der Waals surface area contributed by atoms with Crippen LogP contribution in [0.1, 0.15) is 18.1 Å². The molecule has 0 fully saturated rings. The smallest absolute Gasteiger partial charge is 0.317 e. The number of benzene rings is 1. The normalized spacial score (nSPS) is 9.94. The van der Waals surface area contributed by atoms with Crippen LogP contribution in [0.15, 0.2) is 35.3 Å². The molecular formula is C14H19BrN2O. The molecule has 18 heavy (non-hydrogen) atoms. The van der Waals surface area contributed by atoms with Gasteiger partial charge in [-0.25, -0.2) is 4.79 Å². The van der Waals surface area contributed by atoms with Crippen molar-refractivity contribution >= 4 is 22.0 Å². The average molecular weight is 311 g/mol. The van der Waals surface area contributed by atoms with E-state index in [4.69, 9.17) is 0 Å². The number of nitrogens with zero attached hydrogens (tertiary/aromatic N) is 1. The Bertz CT molecular complexity index is 432. The Labute approximate surface area is 117 Å². The van der Waals surface area contributed by atoms with Crippen molar-refractivity contribution in [3.8, 4) is 0 Å². The molecule has 0 aliphatic rings. The number of urea groups is 1. The minimum absolute atomic E-state index is 0.0682. The van der Waals surface area contributed by atoms with Crippen LogP contribution in [0.3, 0.4) is 0 Å². The Morgan fingerprint density at radius 3 is 2.67 bits per heavy atom. The van der Waals surface area contributed by atoms with Gasteiger partial charge in [0.15, 0.2) is 0 Å². The molecule has 0 aliphatic heterocycles. The van der Waals surface area contributed by atoms with Gasteiger partial charge in [0.25, 0.3) is 0 Å². The Hall–Kier alpha value is -1.29. The number of nitrogens with one attached hydrogen (secondary N) is 1. The van der Waals surface area contributed by atoms with Crippen LogP contribution in [0.25, 0.3) is 0 Å². The predicted octanol–water partition coefficient (Wildman–Crippen LogP) is 3.44. The molecule has 0 spiro atoms. The third-order valence-electron chi connectivity index (χ3n) is 2.72. The highest BCUT2D eigenvalue weighted by molar-refractivity contribution is 9.11. The summed E-state index contributed by atoms with van der Waals surface area (Å²) in [6.07, 6.45) is 0. The number of amides is 2. The predicted molar refractivity (Wildman–Crippen MR) is 78.7 cm³/mol. The second kappa shape index (κ2) is 7.21. The maximum absolute atomic E-state index is 11.9. The maximum atomic E-state index is 11.9. The highest BCUT2D eigenvalue weighted by Gasteiger charge is 2.12. The van der Waals surface area contributed by atoms with E-state index in [1.807, 2.05) is 19.1 Å². The Kier molecular flexibility index (Phi) is 5.92. The molecule has 0 radical (unpaired) electrons. The monoisotopic (exact) mass is 310 g/mol. The van der Waals surface area contributed by atoms with Crippen LogP contribution in [0.5, 0.6) is 0 Å². The second-order valence-corrected chi connectivity index (χ2v) is 5.24. The van der Waals surface area contributed by atoms with E-state index in [2.05, 4.69) is 46.9 Å². The summed E-state index contributed by atoms with van der Waals surface area (Å²) in [6.45, 7) is 9.48. The minimum Gasteiger partial charge on any atom is -0.333 e. The number of hydrogen-bond donors (Lipinski definition) is 1. The average Bonchev–Trinajstić information content (AvgIpc) is 2.35. The highest BCUT2D eigenvalue weighted by Crippen LogP contribution is 2.10. The van der Waals surface area contributed by atoms with Gasteiger partial charge in [-0.2, -0.15) is 0 Å². The molecule has 1 aromatic rings. The van der Waals surface area contributed by atoms with Crippen molar-refractivity contribution < 1.29 is 4.79 Å². The SMILES string of the molecule is C=C(Br)CNC(=O)N(CC)Cc1ccccc1C. The Balaban J connectivity index is 2.64. The molecule has 0 saturated carbocycles. The van der Waals surface area contributed by atoms with Gasteiger partial charge in [-0.05, 0) is 25.0 Å². The van der Waals surface area contributed by atoms with Gasteiger partial charge in [0, 0.05) is 17.6 Å². The van der Waals surface area contributed by atoms with Crippen LogP contribution in [0, 0.1) is 6.92 Å². The lowest BCUT2D eigenvalue weighted by Gasteiger charge is -2.22. The van der Waals surface area contributed by atoms with Crippen molar-refractivity contribution in [2.45, 2.75) is 20.4 Å². The topological polar surface area (TPSA) is 32.3 Å². The molecule has 0 heterocycles. The molecule has 0 aromatic heterocycles. The van der Waals surface area contributed by atoms with Crippen LogP contribution in [0.4, 0.5) is 4.79 Å². The first kappa shape index (κ1) is 14.8. The van der Waals surface area contributed by atoms with Crippen LogP contribution < -0.4 is 5.32 Å². The van der Waals surface area contributed by atoms with Gasteiger partial charge in [0.1, 0.15) is 0 Å². The van der Waals surface area contributed by atoms with Gasteiger partial charge in [-0.3, -0.25) is 0 Å². The quantitative estimate of drug-likeness (QED) is 0.888. The first-order valence-electron chi connectivity index (χ1n) is 5.95. The number of hydrogen-bond acceptors (Lipinski definition) is 1. The summed E-state index contributed by atoms with van der Waals surface area (Å²) in [5, 5.41) is 2.81. The van der Waals surface area contributed by atoms with Gasteiger partial charge in [0.2, 0.25) is 0 Å². The van der Waals surface area contributed by atoms with Crippen LogP contribution in [0.2, 0.25) is 0 Å². The molecule has 1 N–H and O–H groups in total. The summed E-state index contributed by atoms with van der Waals surface area (Å²) < 4.78 is 0.766. The molecule has 0 aliphatic carbocycles. The number of carbonyl (C=O) groups excluding carboxylic acids is 1. The van der Waals surface area contributed by atoms with Crippen LogP contribution in [-0.4, -0.2) is 24.0 Å². The number of halogens is 1. The van der Waals surface area contributed by atoms with Gasteiger partial charge in [-0.1, -0.05) is 46.8 Å². The molecule has 0 saturated heterocycles. The molecule has 0 bridgehead atoms. The first-order chi connectivity index (χ1) is 8.54. The molecule has 0 unspecified atom stereocenters. The standard InChI is InChI=1S/C14H19BrN2O/c1-4-17(14(18)16-9-12(3)15)10-13-8-6-5-7-11(13)2/h5-8H,3-4,9-10H2,1-2H3,(H,16,18). The Morgan fingerprint density at radius 2 is 2.11 bits per heavy atom. The number of rotatable bonds is 5. The largest absolute Gasteiger partial charge is 0.333 e. The third-order valence-corrected chi connectivity index (χ3v) is 3.00. The summed E-state index contributed by atoms with van der Waals surface area (Å²) in [5.41, 5.74) is 2.38. The van der Waals surface area contributed by atoms with E-state index in [9.17, 15) is 4.79 Å². The van der Waals surface area contributed by atoms with Crippen LogP contribution in [-0.2, 0) is 6.54 Å². The lowest BCUT2D eigenvalue weighted by atomic mass is 10.1. The van der Waals surface area contributed by atoms with Crippen molar-refractivity contribution in [3.05, 3.63) is 46.5 Å². The molecule has 3 nitrogen and oxygen atoms in total. The molecule has 4 heteroatoms. The first-order valence-corrected chi connectivity index (χ1v) is 6.74. The van der Waals surface area contributed by atoms with Crippen molar-refractivity contribution in [3.63, 3.8) is 0 Å². The summed E-state index contributed by atoms with van der Waals surface area (Å²) in [7, 11) is 0. The van der Waals surface area contributed by atoms with Crippen molar-refractivity contribution in [2.24, 2.45) is 0 Å². The zero-order chi connectivity index (χ0) is 13.5. The molecular weight excluding hydrogens is 292 g/mol. The van der Waals surface area contributed by atoms with E-state index in [0.717, 1.165) is 4.48 Å². The van der Waals surface area contributed by atoms with Crippen molar-refractivity contribution in [1.29, 1.82) is 0 Å². The zero-order valence-electron chi connectivity index (χ0n) is 10.9. The fourth-order valence-corrected chi connectivity index (χ4v) is 1.74. The van der Waals surface area contributed by atoms with E-state index in [1.165, 1.54) is 11.1 Å². The van der Waals surface area contributed by atoms with E-state index in [-0.39, 0.29) is 6.03 Å². The zero-order valence-corrected chi connectivity index (χ0v) is 12.5. The summed E-state index contributed by atoms with van der Waals surface area (Å²) in [6, 6.07) is 8.04. The van der Waals surface area contributed by atoms with E-state index in [1.54, 1.807) is 4.90 Å². The molecule has 1 aromatic carbocycles. The molecule has 1 rings (SSSR count). The number of carbonyl (C=O) groups is 1. The van der Waals surface area contributed by atoms with Crippen LogP contribution >= 0.6 is 15.9 Å². The fraction of sp³-hybridized carbons (Fsp3) is 0.357. The molecule has 98 valence electrons. The minimum atomic E-state index is -0.0682. The molecule has 0 atom stereocenters. The summed E-state index contributed by atoms with van der Waals surface area (Å²) in [4.78, 5) is 13.7.